The Hall–Kier alpha value is -1.68. The van der Waals surface area contributed by atoms with E-state index >= 15 is 0 Å². The van der Waals surface area contributed by atoms with Crippen LogP contribution in [0, 0.1) is 12.7 Å². The van der Waals surface area contributed by atoms with Crippen molar-refractivity contribution in [2.45, 2.75) is 20.0 Å². The van der Waals surface area contributed by atoms with Crippen molar-refractivity contribution in [2.75, 3.05) is 6.54 Å². The van der Waals surface area contributed by atoms with Gasteiger partial charge < -0.3 is 9.88 Å². The number of nitrogens with one attached hydrogen (secondary N) is 1. The second kappa shape index (κ2) is 5.59. The van der Waals surface area contributed by atoms with E-state index in [0.29, 0.717) is 12.1 Å². The molecule has 0 spiro atoms. The molecular weight excluding hydrogens is 217 g/mol. The van der Waals surface area contributed by atoms with Crippen molar-refractivity contribution in [2.24, 2.45) is 0 Å². The van der Waals surface area contributed by atoms with E-state index in [1.54, 1.807) is 18.3 Å². The van der Waals surface area contributed by atoms with Crippen LogP contribution in [0.15, 0.2) is 36.7 Å². The Morgan fingerprint density at radius 2 is 2.18 bits per heavy atom. The number of nitrogens with zero attached hydrogens (tertiary/aromatic N) is 2. The molecule has 17 heavy (non-hydrogen) atoms. The molecule has 1 N–H and O–H groups in total. The van der Waals surface area contributed by atoms with E-state index < -0.39 is 0 Å². The van der Waals surface area contributed by atoms with Gasteiger partial charge in [-0.3, -0.25) is 0 Å². The van der Waals surface area contributed by atoms with E-state index in [9.17, 15) is 4.39 Å². The highest BCUT2D eigenvalue weighted by Gasteiger charge is 2.00. The second-order valence-electron chi connectivity index (χ2n) is 3.94. The number of rotatable bonds is 5. The Bertz CT molecular complexity index is 479. The Balaban J connectivity index is 1.77. The van der Waals surface area contributed by atoms with Crippen molar-refractivity contribution < 1.29 is 4.39 Å². The summed E-state index contributed by atoms with van der Waals surface area (Å²) in [6, 6.07) is 6.83. The summed E-state index contributed by atoms with van der Waals surface area (Å²) in [5.74, 6) is 0.844. The van der Waals surface area contributed by atoms with E-state index in [-0.39, 0.29) is 5.82 Å². The largest absolute Gasteiger partial charge is 0.334 e. The summed E-state index contributed by atoms with van der Waals surface area (Å²) >= 11 is 0. The lowest BCUT2D eigenvalue weighted by atomic mass is 10.2. The number of halogens is 1. The molecule has 0 aliphatic carbocycles. The molecule has 0 aliphatic rings. The molecule has 0 saturated heterocycles. The zero-order chi connectivity index (χ0) is 12.1. The first-order valence-corrected chi connectivity index (χ1v) is 5.69. The fraction of sp³-hybridized carbons (Fsp3) is 0.308. The smallest absolute Gasteiger partial charge is 0.127 e. The van der Waals surface area contributed by atoms with Gasteiger partial charge in [-0.1, -0.05) is 18.2 Å². The van der Waals surface area contributed by atoms with Crippen LogP contribution in [-0.4, -0.2) is 16.1 Å². The van der Waals surface area contributed by atoms with Gasteiger partial charge in [-0.15, -0.1) is 0 Å². The second-order valence-corrected chi connectivity index (χ2v) is 3.94. The highest BCUT2D eigenvalue weighted by molar-refractivity contribution is 5.16. The quantitative estimate of drug-likeness (QED) is 0.802. The molecule has 0 saturated carbocycles. The van der Waals surface area contributed by atoms with Crippen molar-refractivity contribution in [3.05, 3.63) is 53.9 Å². The zero-order valence-electron chi connectivity index (χ0n) is 9.86. The van der Waals surface area contributed by atoms with Gasteiger partial charge in [-0.05, 0) is 13.0 Å². The molecule has 1 heterocycles. The van der Waals surface area contributed by atoms with Gasteiger partial charge in [0.1, 0.15) is 11.6 Å². The van der Waals surface area contributed by atoms with Crippen molar-refractivity contribution in [1.82, 2.24) is 14.9 Å². The number of aryl methyl sites for hydroxylation is 1. The molecule has 0 amide bonds. The minimum atomic E-state index is -0.154. The average molecular weight is 233 g/mol. The maximum Gasteiger partial charge on any atom is 0.127 e. The van der Waals surface area contributed by atoms with Crippen LogP contribution in [0.1, 0.15) is 11.4 Å². The lowest BCUT2D eigenvalue weighted by Gasteiger charge is -2.07. The molecular formula is C13H16FN3. The Labute approximate surface area is 100 Å². The van der Waals surface area contributed by atoms with Crippen molar-refractivity contribution in [1.29, 1.82) is 0 Å². The number of imidazole rings is 1. The highest BCUT2D eigenvalue weighted by Crippen LogP contribution is 2.05. The van der Waals surface area contributed by atoms with E-state index in [2.05, 4.69) is 14.9 Å². The maximum absolute atomic E-state index is 13.3. The molecule has 1 aromatic heterocycles. The van der Waals surface area contributed by atoms with Crippen molar-refractivity contribution >= 4 is 0 Å². The van der Waals surface area contributed by atoms with Crippen LogP contribution in [0.2, 0.25) is 0 Å². The topological polar surface area (TPSA) is 29.9 Å². The Morgan fingerprint density at radius 3 is 2.88 bits per heavy atom. The van der Waals surface area contributed by atoms with Crippen LogP contribution in [0.3, 0.4) is 0 Å². The fourth-order valence-corrected chi connectivity index (χ4v) is 1.70. The lowest BCUT2D eigenvalue weighted by Crippen LogP contribution is -2.20. The normalized spacial score (nSPS) is 10.7. The summed E-state index contributed by atoms with van der Waals surface area (Å²) < 4.78 is 15.4. The van der Waals surface area contributed by atoms with E-state index in [0.717, 1.165) is 18.9 Å². The van der Waals surface area contributed by atoms with E-state index in [1.165, 1.54) is 6.07 Å². The third-order valence-electron chi connectivity index (χ3n) is 2.73. The third-order valence-corrected chi connectivity index (χ3v) is 2.73. The van der Waals surface area contributed by atoms with E-state index in [4.69, 9.17) is 0 Å². The Kier molecular flexibility index (Phi) is 3.88. The molecule has 4 heteroatoms. The summed E-state index contributed by atoms with van der Waals surface area (Å²) in [5, 5.41) is 3.22. The van der Waals surface area contributed by atoms with E-state index in [1.807, 2.05) is 19.2 Å². The van der Waals surface area contributed by atoms with Gasteiger partial charge in [-0.2, -0.15) is 0 Å². The number of hydrogen-bond donors (Lipinski definition) is 1. The SMILES string of the molecule is Cc1nccn1CCNCc1ccccc1F. The third kappa shape index (κ3) is 3.14. The summed E-state index contributed by atoms with van der Waals surface area (Å²) in [6.45, 7) is 4.17. The maximum atomic E-state index is 13.3. The molecule has 90 valence electrons. The number of aromatic nitrogens is 2. The fourth-order valence-electron chi connectivity index (χ4n) is 1.70. The summed E-state index contributed by atoms with van der Waals surface area (Å²) in [4.78, 5) is 4.14. The first-order valence-electron chi connectivity index (χ1n) is 5.69. The van der Waals surface area contributed by atoms with Crippen LogP contribution >= 0.6 is 0 Å². The number of hydrogen-bond acceptors (Lipinski definition) is 2. The molecule has 0 aliphatic heterocycles. The molecule has 0 fully saturated rings. The molecule has 3 nitrogen and oxygen atoms in total. The molecule has 0 atom stereocenters. The monoisotopic (exact) mass is 233 g/mol. The lowest BCUT2D eigenvalue weighted by molar-refractivity contribution is 0.560. The Morgan fingerprint density at radius 1 is 1.35 bits per heavy atom. The summed E-state index contributed by atoms with van der Waals surface area (Å²) in [5.41, 5.74) is 0.704. The first kappa shape index (κ1) is 11.8. The minimum Gasteiger partial charge on any atom is -0.334 e. The molecule has 0 radical (unpaired) electrons. The van der Waals surface area contributed by atoms with Gasteiger partial charge >= 0.3 is 0 Å². The zero-order valence-corrected chi connectivity index (χ0v) is 9.86. The number of benzene rings is 1. The van der Waals surface area contributed by atoms with Crippen LogP contribution in [-0.2, 0) is 13.1 Å². The summed E-state index contributed by atoms with van der Waals surface area (Å²) in [7, 11) is 0. The summed E-state index contributed by atoms with van der Waals surface area (Å²) in [6.07, 6.45) is 3.73. The minimum absolute atomic E-state index is 0.154. The molecule has 2 aromatic rings. The van der Waals surface area contributed by atoms with Crippen LogP contribution in [0.4, 0.5) is 4.39 Å². The van der Waals surface area contributed by atoms with Crippen LogP contribution in [0.5, 0.6) is 0 Å². The van der Waals surface area contributed by atoms with Gasteiger partial charge in [0.15, 0.2) is 0 Å². The molecule has 2 rings (SSSR count). The van der Waals surface area contributed by atoms with Gasteiger partial charge in [0.2, 0.25) is 0 Å². The van der Waals surface area contributed by atoms with Crippen LogP contribution < -0.4 is 5.32 Å². The van der Waals surface area contributed by atoms with Gasteiger partial charge in [0, 0.05) is 37.6 Å². The average Bonchev–Trinajstić information content (AvgIpc) is 2.73. The standard InChI is InChI=1S/C13H16FN3/c1-11-16-7-9-17(11)8-6-15-10-12-4-2-3-5-13(12)14/h2-5,7,9,15H,6,8,10H2,1H3. The van der Waals surface area contributed by atoms with Gasteiger partial charge in [0.25, 0.3) is 0 Å². The predicted octanol–water partition coefficient (Wildman–Crippen LogP) is 2.12. The predicted molar refractivity (Wildman–Crippen MR) is 65.1 cm³/mol. The van der Waals surface area contributed by atoms with Crippen LogP contribution in [0.25, 0.3) is 0 Å². The van der Waals surface area contributed by atoms with Gasteiger partial charge in [-0.25, -0.2) is 9.37 Å². The molecule has 1 aromatic carbocycles. The van der Waals surface area contributed by atoms with Crippen molar-refractivity contribution in [3.8, 4) is 0 Å². The van der Waals surface area contributed by atoms with Crippen molar-refractivity contribution in [3.63, 3.8) is 0 Å². The molecule has 0 bridgehead atoms. The van der Waals surface area contributed by atoms with Gasteiger partial charge in [0.05, 0.1) is 0 Å². The first-order chi connectivity index (χ1) is 8.27. The molecule has 0 unspecified atom stereocenters. The highest BCUT2D eigenvalue weighted by atomic mass is 19.1.